The molecular weight excluding hydrogens is 166 g/mol. The number of esters is 1. The third-order valence-corrected chi connectivity index (χ3v) is 2.27. The molecule has 3 heteroatoms. The minimum absolute atomic E-state index is 0.209. The van der Waals surface area contributed by atoms with Crippen molar-refractivity contribution in [2.24, 2.45) is 0 Å². The second kappa shape index (κ2) is 5.75. The van der Waals surface area contributed by atoms with Gasteiger partial charge in [0.25, 0.3) is 0 Å². The Morgan fingerprint density at radius 2 is 2.31 bits per heavy atom. The summed E-state index contributed by atoms with van der Waals surface area (Å²) in [7, 11) is 3.18. The van der Waals surface area contributed by atoms with Crippen molar-refractivity contribution < 1.29 is 9.53 Å². The zero-order valence-corrected chi connectivity index (χ0v) is 8.72. The van der Waals surface area contributed by atoms with Gasteiger partial charge in [-0.15, -0.1) is 6.58 Å². The SMILES string of the molecule is C=CCCC[C@@](C)(NC)C(=O)OC. The highest BCUT2D eigenvalue weighted by molar-refractivity contribution is 5.80. The van der Waals surface area contributed by atoms with Crippen LogP contribution in [-0.4, -0.2) is 25.7 Å². The fourth-order valence-corrected chi connectivity index (χ4v) is 1.15. The Hall–Kier alpha value is -0.830. The van der Waals surface area contributed by atoms with Gasteiger partial charge in [0, 0.05) is 0 Å². The lowest BCUT2D eigenvalue weighted by atomic mass is 9.95. The van der Waals surface area contributed by atoms with E-state index in [1.807, 2.05) is 13.0 Å². The summed E-state index contributed by atoms with van der Waals surface area (Å²) in [5.74, 6) is -0.209. The first kappa shape index (κ1) is 12.2. The molecule has 0 heterocycles. The van der Waals surface area contributed by atoms with Crippen molar-refractivity contribution in [2.45, 2.75) is 31.7 Å². The Morgan fingerprint density at radius 1 is 1.69 bits per heavy atom. The van der Waals surface area contributed by atoms with Crippen molar-refractivity contribution in [3.8, 4) is 0 Å². The highest BCUT2D eigenvalue weighted by Gasteiger charge is 2.31. The molecule has 0 fully saturated rings. The highest BCUT2D eigenvalue weighted by Crippen LogP contribution is 2.15. The zero-order valence-electron chi connectivity index (χ0n) is 8.72. The van der Waals surface area contributed by atoms with Crippen LogP contribution >= 0.6 is 0 Å². The minimum atomic E-state index is -0.558. The first-order valence-corrected chi connectivity index (χ1v) is 4.49. The summed E-state index contributed by atoms with van der Waals surface area (Å²) in [6.07, 6.45) is 4.49. The van der Waals surface area contributed by atoms with Crippen LogP contribution in [0.4, 0.5) is 0 Å². The van der Waals surface area contributed by atoms with Crippen molar-refractivity contribution in [3.05, 3.63) is 12.7 Å². The average molecular weight is 185 g/mol. The number of allylic oxidation sites excluding steroid dienone is 1. The van der Waals surface area contributed by atoms with E-state index in [0.717, 1.165) is 19.3 Å². The lowest BCUT2D eigenvalue weighted by Crippen LogP contribution is -2.48. The maximum atomic E-state index is 11.3. The van der Waals surface area contributed by atoms with Gasteiger partial charge in [0.2, 0.25) is 0 Å². The van der Waals surface area contributed by atoms with E-state index in [1.54, 1.807) is 7.05 Å². The Bertz CT molecular complexity index is 180. The third kappa shape index (κ3) is 3.59. The molecule has 0 unspecified atom stereocenters. The van der Waals surface area contributed by atoms with Crippen LogP contribution in [0.3, 0.4) is 0 Å². The number of hydrogen-bond donors (Lipinski definition) is 1. The summed E-state index contributed by atoms with van der Waals surface area (Å²) in [6, 6.07) is 0. The van der Waals surface area contributed by atoms with Gasteiger partial charge in [-0.25, -0.2) is 0 Å². The summed E-state index contributed by atoms with van der Waals surface area (Å²) in [5.41, 5.74) is -0.558. The average Bonchev–Trinajstić information content (AvgIpc) is 2.16. The van der Waals surface area contributed by atoms with Crippen LogP contribution in [0.1, 0.15) is 26.2 Å². The monoisotopic (exact) mass is 185 g/mol. The highest BCUT2D eigenvalue weighted by atomic mass is 16.5. The summed E-state index contributed by atoms with van der Waals surface area (Å²) < 4.78 is 4.71. The number of unbranched alkanes of at least 4 members (excludes halogenated alkanes) is 1. The molecule has 76 valence electrons. The lowest BCUT2D eigenvalue weighted by molar-refractivity contribution is -0.148. The number of carbonyl (C=O) groups excluding carboxylic acids is 1. The second-order valence-electron chi connectivity index (χ2n) is 3.25. The molecule has 0 aromatic carbocycles. The normalized spacial score (nSPS) is 14.7. The van der Waals surface area contributed by atoms with E-state index in [4.69, 9.17) is 4.74 Å². The summed E-state index contributed by atoms with van der Waals surface area (Å²) in [6.45, 7) is 5.48. The number of nitrogens with one attached hydrogen (secondary N) is 1. The van der Waals surface area contributed by atoms with Gasteiger partial charge in [0.05, 0.1) is 7.11 Å². The smallest absolute Gasteiger partial charge is 0.325 e. The Balaban J connectivity index is 4.10. The van der Waals surface area contributed by atoms with Crippen LogP contribution < -0.4 is 5.32 Å². The minimum Gasteiger partial charge on any atom is -0.468 e. The predicted molar refractivity (Wildman–Crippen MR) is 53.5 cm³/mol. The molecule has 0 saturated carbocycles. The molecule has 0 aliphatic carbocycles. The molecule has 0 aromatic heterocycles. The summed E-state index contributed by atoms with van der Waals surface area (Å²) in [4.78, 5) is 11.3. The third-order valence-electron chi connectivity index (χ3n) is 2.27. The summed E-state index contributed by atoms with van der Waals surface area (Å²) in [5, 5.41) is 2.98. The van der Waals surface area contributed by atoms with Crippen molar-refractivity contribution in [1.29, 1.82) is 0 Å². The molecule has 0 spiro atoms. The molecule has 0 aromatic rings. The van der Waals surface area contributed by atoms with E-state index in [9.17, 15) is 4.79 Å². The van der Waals surface area contributed by atoms with Crippen LogP contribution in [-0.2, 0) is 9.53 Å². The molecule has 1 N–H and O–H groups in total. The van der Waals surface area contributed by atoms with Gasteiger partial charge in [0.1, 0.15) is 5.54 Å². The number of methoxy groups -OCH3 is 1. The molecule has 3 nitrogen and oxygen atoms in total. The number of hydrogen-bond acceptors (Lipinski definition) is 3. The Morgan fingerprint density at radius 3 is 2.69 bits per heavy atom. The molecule has 0 bridgehead atoms. The molecule has 0 aliphatic heterocycles. The van der Waals surface area contributed by atoms with Crippen LogP contribution in [0.15, 0.2) is 12.7 Å². The Labute approximate surface area is 80.2 Å². The quantitative estimate of drug-likeness (QED) is 0.387. The van der Waals surface area contributed by atoms with E-state index in [1.165, 1.54) is 7.11 Å². The van der Waals surface area contributed by atoms with Crippen LogP contribution in [0, 0.1) is 0 Å². The van der Waals surface area contributed by atoms with Gasteiger partial charge in [-0.1, -0.05) is 6.08 Å². The maximum Gasteiger partial charge on any atom is 0.325 e. The maximum absolute atomic E-state index is 11.3. The molecule has 0 rings (SSSR count). The fourth-order valence-electron chi connectivity index (χ4n) is 1.15. The second-order valence-corrected chi connectivity index (χ2v) is 3.25. The number of rotatable bonds is 6. The van der Waals surface area contributed by atoms with E-state index in [0.29, 0.717) is 0 Å². The van der Waals surface area contributed by atoms with Gasteiger partial charge in [-0.2, -0.15) is 0 Å². The summed E-state index contributed by atoms with van der Waals surface area (Å²) >= 11 is 0. The predicted octanol–water partition coefficient (Wildman–Crippen LogP) is 1.49. The van der Waals surface area contributed by atoms with Gasteiger partial charge >= 0.3 is 5.97 Å². The van der Waals surface area contributed by atoms with E-state index in [-0.39, 0.29) is 5.97 Å². The van der Waals surface area contributed by atoms with Crippen molar-refractivity contribution >= 4 is 5.97 Å². The van der Waals surface area contributed by atoms with Gasteiger partial charge in [-0.3, -0.25) is 4.79 Å². The fraction of sp³-hybridized carbons (Fsp3) is 0.700. The first-order chi connectivity index (χ1) is 6.10. The zero-order chi connectivity index (χ0) is 10.3. The topological polar surface area (TPSA) is 38.3 Å². The molecule has 13 heavy (non-hydrogen) atoms. The number of carbonyl (C=O) groups is 1. The van der Waals surface area contributed by atoms with Crippen molar-refractivity contribution in [2.75, 3.05) is 14.2 Å². The molecule has 0 amide bonds. The number of likely N-dealkylation sites (N-methyl/N-ethyl adjacent to an activating group) is 1. The van der Waals surface area contributed by atoms with Crippen LogP contribution in [0.25, 0.3) is 0 Å². The van der Waals surface area contributed by atoms with E-state index < -0.39 is 5.54 Å². The largest absolute Gasteiger partial charge is 0.468 e. The Kier molecular flexibility index (Phi) is 5.39. The van der Waals surface area contributed by atoms with Gasteiger partial charge in [-0.05, 0) is 33.2 Å². The van der Waals surface area contributed by atoms with Gasteiger partial charge in [0.15, 0.2) is 0 Å². The first-order valence-electron chi connectivity index (χ1n) is 4.49. The van der Waals surface area contributed by atoms with E-state index >= 15 is 0 Å². The molecule has 1 atom stereocenters. The van der Waals surface area contributed by atoms with Crippen molar-refractivity contribution in [3.63, 3.8) is 0 Å². The van der Waals surface area contributed by atoms with Crippen LogP contribution in [0.2, 0.25) is 0 Å². The molecule has 0 saturated heterocycles. The number of ether oxygens (including phenoxy) is 1. The molecule has 0 aliphatic rings. The molecule has 0 radical (unpaired) electrons. The van der Waals surface area contributed by atoms with Crippen LogP contribution in [0.5, 0.6) is 0 Å². The standard InChI is InChI=1S/C10H19NO2/c1-5-6-7-8-10(2,11-3)9(12)13-4/h5,11H,1,6-8H2,2-4H3/t10-/m1/s1. The van der Waals surface area contributed by atoms with Crippen molar-refractivity contribution in [1.82, 2.24) is 5.32 Å². The lowest BCUT2D eigenvalue weighted by Gasteiger charge is -2.25. The van der Waals surface area contributed by atoms with Gasteiger partial charge < -0.3 is 10.1 Å². The molecular formula is C10H19NO2. The van der Waals surface area contributed by atoms with E-state index in [2.05, 4.69) is 11.9 Å².